The maximum Gasteiger partial charge on any atom is 0.360 e. The summed E-state index contributed by atoms with van der Waals surface area (Å²) in [6.07, 6.45) is -0.424. The average molecular weight is 380 g/mol. The van der Waals surface area contributed by atoms with Crippen LogP contribution in [0, 0.1) is 0 Å². The Kier molecular flexibility index (Phi) is 4.97. The van der Waals surface area contributed by atoms with E-state index in [-0.39, 0.29) is 40.0 Å². The molecule has 0 saturated heterocycles. The average Bonchev–Trinajstić information content (AvgIpc) is 2.60. The van der Waals surface area contributed by atoms with Crippen LogP contribution >= 0.6 is 11.8 Å². The Balaban J connectivity index is 1.71. The lowest BCUT2D eigenvalue weighted by Gasteiger charge is -2.31. The van der Waals surface area contributed by atoms with E-state index in [0.717, 1.165) is 11.1 Å². The molecule has 6 heteroatoms. The van der Waals surface area contributed by atoms with Gasteiger partial charge in [0.1, 0.15) is 0 Å². The van der Waals surface area contributed by atoms with Crippen LogP contribution in [0.4, 0.5) is 17.6 Å². The lowest BCUT2D eigenvalue weighted by Crippen LogP contribution is -2.42. The SMILES string of the molecule is C=C(CCC(=O)c1ccc2c(c1)SC(F)(F)C(F)(F)C2)c1ccccc1. The van der Waals surface area contributed by atoms with Crippen LogP contribution in [-0.2, 0) is 6.42 Å². The molecule has 136 valence electrons. The molecule has 0 spiro atoms. The molecule has 0 atom stereocenters. The standard InChI is InChI=1S/C20H16F4OS/c1-13(14-5-3-2-4-6-14)7-10-17(25)15-8-9-16-12-19(21,22)20(23,24)26-18(16)11-15/h2-6,8-9,11H,1,7,10,12H2. The number of fused-ring (bicyclic) bond motifs is 1. The lowest BCUT2D eigenvalue weighted by atomic mass is 9.97. The predicted octanol–water partition coefficient (Wildman–Crippen LogP) is 6.24. The molecule has 2 aromatic carbocycles. The zero-order valence-electron chi connectivity index (χ0n) is 13.8. The van der Waals surface area contributed by atoms with E-state index in [9.17, 15) is 22.4 Å². The number of alkyl halides is 4. The van der Waals surface area contributed by atoms with E-state index in [1.54, 1.807) is 0 Å². The van der Waals surface area contributed by atoms with Gasteiger partial charge in [-0.3, -0.25) is 4.79 Å². The second-order valence-corrected chi connectivity index (χ2v) is 7.37. The number of rotatable bonds is 5. The van der Waals surface area contributed by atoms with Crippen molar-refractivity contribution in [1.82, 2.24) is 0 Å². The van der Waals surface area contributed by atoms with E-state index in [0.29, 0.717) is 6.42 Å². The fourth-order valence-electron chi connectivity index (χ4n) is 2.75. The van der Waals surface area contributed by atoms with Gasteiger partial charge in [-0.25, -0.2) is 0 Å². The molecule has 0 bridgehead atoms. The maximum absolute atomic E-state index is 13.6. The number of allylic oxidation sites excluding steroid dienone is 1. The van der Waals surface area contributed by atoms with Crippen molar-refractivity contribution in [2.24, 2.45) is 0 Å². The molecule has 0 aromatic heterocycles. The molecular weight excluding hydrogens is 364 g/mol. The van der Waals surface area contributed by atoms with Crippen molar-refractivity contribution in [2.75, 3.05) is 0 Å². The fourth-order valence-corrected chi connectivity index (χ4v) is 3.71. The Morgan fingerprint density at radius 3 is 2.38 bits per heavy atom. The molecule has 3 rings (SSSR count). The minimum Gasteiger partial charge on any atom is -0.294 e. The van der Waals surface area contributed by atoms with Gasteiger partial charge in [0, 0.05) is 23.3 Å². The van der Waals surface area contributed by atoms with Crippen molar-refractivity contribution in [3.8, 4) is 0 Å². The van der Waals surface area contributed by atoms with Crippen LogP contribution in [0.3, 0.4) is 0 Å². The van der Waals surface area contributed by atoms with E-state index < -0.39 is 17.6 Å². The summed E-state index contributed by atoms with van der Waals surface area (Å²) in [7, 11) is 0. The van der Waals surface area contributed by atoms with Crippen molar-refractivity contribution < 1.29 is 22.4 Å². The van der Waals surface area contributed by atoms with Gasteiger partial charge in [0.2, 0.25) is 0 Å². The zero-order chi connectivity index (χ0) is 18.9. The minimum absolute atomic E-state index is 0.0358. The largest absolute Gasteiger partial charge is 0.360 e. The molecule has 0 radical (unpaired) electrons. The van der Waals surface area contributed by atoms with Crippen molar-refractivity contribution in [2.45, 2.75) is 35.3 Å². The number of hydrogen-bond donors (Lipinski definition) is 0. The van der Waals surface area contributed by atoms with Crippen molar-refractivity contribution in [3.63, 3.8) is 0 Å². The van der Waals surface area contributed by atoms with E-state index in [1.807, 2.05) is 30.3 Å². The Morgan fingerprint density at radius 1 is 1.00 bits per heavy atom. The first kappa shape index (κ1) is 18.7. The van der Waals surface area contributed by atoms with Crippen LogP contribution in [0.25, 0.3) is 5.57 Å². The molecular formula is C20H16F4OS. The summed E-state index contributed by atoms with van der Waals surface area (Å²) in [5.41, 5.74) is 2.12. The van der Waals surface area contributed by atoms with E-state index in [4.69, 9.17) is 0 Å². The Bertz CT molecular complexity index is 846. The Hall–Kier alpha value is -2.08. The lowest BCUT2D eigenvalue weighted by molar-refractivity contribution is -0.153. The third-order valence-electron chi connectivity index (χ3n) is 4.30. The summed E-state index contributed by atoms with van der Waals surface area (Å²) in [6.45, 7) is 3.96. The first-order chi connectivity index (χ1) is 12.2. The number of hydrogen-bond acceptors (Lipinski definition) is 2. The van der Waals surface area contributed by atoms with Crippen LogP contribution in [-0.4, -0.2) is 17.0 Å². The van der Waals surface area contributed by atoms with E-state index in [2.05, 4.69) is 6.58 Å². The van der Waals surface area contributed by atoms with Gasteiger partial charge in [-0.15, -0.1) is 0 Å². The minimum atomic E-state index is -4.18. The molecule has 0 N–H and O–H groups in total. The normalized spacial score (nSPS) is 17.4. The number of Topliss-reactive ketones (excluding diaryl/α,β-unsaturated/α-hetero) is 1. The molecule has 1 nitrogen and oxygen atoms in total. The summed E-state index contributed by atoms with van der Waals surface area (Å²) in [6, 6.07) is 13.5. The molecule has 0 aliphatic carbocycles. The number of carbonyl (C=O) groups is 1. The smallest absolute Gasteiger partial charge is 0.294 e. The topological polar surface area (TPSA) is 17.1 Å². The van der Waals surface area contributed by atoms with Gasteiger partial charge in [0.15, 0.2) is 5.78 Å². The summed E-state index contributed by atoms with van der Waals surface area (Å²) in [4.78, 5) is 12.4. The number of halogens is 4. The molecule has 1 aliphatic rings. The van der Waals surface area contributed by atoms with Crippen LogP contribution < -0.4 is 0 Å². The highest BCUT2D eigenvalue weighted by molar-refractivity contribution is 8.00. The van der Waals surface area contributed by atoms with Crippen LogP contribution in [0.1, 0.15) is 34.3 Å². The van der Waals surface area contributed by atoms with Gasteiger partial charge >= 0.3 is 11.2 Å². The first-order valence-electron chi connectivity index (χ1n) is 8.03. The molecule has 0 saturated carbocycles. The maximum atomic E-state index is 13.6. The molecule has 26 heavy (non-hydrogen) atoms. The quantitative estimate of drug-likeness (QED) is 0.451. The summed E-state index contributed by atoms with van der Waals surface area (Å²) in [5.74, 6) is -4.32. The van der Waals surface area contributed by atoms with Crippen molar-refractivity contribution in [1.29, 1.82) is 0 Å². The van der Waals surface area contributed by atoms with Gasteiger partial charge in [0.05, 0.1) is 0 Å². The van der Waals surface area contributed by atoms with Gasteiger partial charge in [-0.1, -0.05) is 49.0 Å². The summed E-state index contributed by atoms with van der Waals surface area (Å²) >= 11 is -0.179. The number of carbonyl (C=O) groups excluding carboxylic acids is 1. The monoisotopic (exact) mass is 380 g/mol. The van der Waals surface area contributed by atoms with Crippen LogP contribution in [0.5, 0.6) is 0 Å². The van der Waals surface area contributed by atoms with Crippen LogP contribution in [0.2, 0.25) is 0 Å². The second-order valence-electron chi connectivity index (χ2n) is 6.22. The van der Waals surface area contributed by atoms with Crippen LogP contribution in [0.15, 0.2) is 60.0 Å². The third-order valence-corrected chi connectivity index (χ3v) is 5.46. The number of benzene rings is 2. The highest BCUT2D eigenvalue weighted by Gasteiger charge is 2.59. The van der Waals surface area contributed by atoms with Gasteiger partial charge in [-0.2, -0.15) is 17.6 Å². The first-order valence-corrected chi connectivity index (χ1v) is 8.85. The number of thioether (sulfide) groups is 1. The zero-order valence-corrected chi connectivity index (χ0v) is 14.6. The highest BCUT2D eigenvalue weighted by atomic mass is 32.2. The van der Waals surface area contributed by atoms with Gasteiger partial charge in [-0.05, 0) is 40.9 Å². The molecule has 1 heterocycles. The van der Waals surface area contributed by atoms with Gasteiger partial charge in [0.25, 0.3) is 0 Å². The van der Waals surface area contributed by atoms with Crippen molar-refractivity contribution in [3.05, 3.63) is 71.8 Å². The summed E-state index contributed by atoms with van der Waals surface area (Å²) < 4.78 is 54.0. The highest BCUT2D eigenvalue weighted by Crippen LogP contribution is 2.53. The fraction of sp³-hybridized carbons (Fsp3) is 0.250. The predicted molar refractivity (Wildman–Crippen MR) is 94.9 cm³/mol. The molecule has 2 aromatic rings. The number of ketones is 1. The molecule has 1 aliphatic heterocycles. The summed E-state index contributed by atoms with van der Waals surface area (Å²) in [5, 5.41) is -4.18. The molecule has 0 amide bonds. The van der Waals surface area contributed by atoms with E-state index in [1.165, 1.54) is 18.2 Å². The molecule has 0 fully saturated rings. The van der Waals surface area contributed by atoms with E-state index >= 15 is 0 Å². The Labute approximate surface area is 153 Å². The Morgan fingerprint density at radius 2 is 1.69 bits per heavy atom. The van der Waals surface area contributed by atoms with Gasteiger partial charge < -0.3 is 0 Å². The van der Waals surface area contributed by atoms with Crippen molar-refractivity contribution >= 4 is 23.1 Å². The molecule has 0 unspecified atom stereocenters. The second kappa shape index (κ2) is 6.91. The third kappa shape index (κ3) is 3.70.